The molecular formula is C18H31N5O5S. The van der Waals surface area contributed by atoms with Crippen LogP contribution in [0.25, 0.3) is 0 Å². The molecule has 0 aliphatic heterocycles. The third-order valence-corrected chi connectivity index (χ3v) is 5.52. The smallest absolute Gasteiger partial charge is 0.270 e. The van der Waals surface area contributed by atoms with E-state index in [0.29, 0.717) is 19.0 Å². The van der Waals surface area contributed by atoms with Crippen molar-refractivity contribution in [3.8, 4) is 0 Å². The van der Waals surface area contributed by atoms with Crippen LogP contribution in [0.5, 0.6) is 0 Å². The number of benzene rings is 1. The van der Waals surface area contributed by atoms with E-state index in [2.05, 4.69) is 41.1 Å². The molecule has 0 aromatic heterocycles. The molecule has 164 valence electrons. The van der Waals surface area contributed by atoms with Crippen molar-refractivity contribution in [3.05, 3.63) is 34.4 Å². The summed E-state index contributed by atoms with van der Waals surface area (Å²) in [5.41, 5.74) is -0.345. The summed E-state index contributed by atoms with van der Waals surface area (Å²) in [7, 11) is -2.20. The van der Waals surface area contributed by atoms with Gasteiger partial charge >= 0.3 is 0 Å². The quantitative estimate of drug-likeness (QED) is 0.169. The van der Waals surface area contributed by atoms with E-state index in [-0.39, 0.29) is 35.2 Å². The zero-order valence-corrected chi connectivity index (χ0v) is 18.4. The van der Waals surface area contributed by atoms with Gasteiger partial charge in [-0.3, -0.25) is 15.1 Å². The number of ether oxygens (including phenoxy) is 1. The van der Waals surface area contributed by atoms with Crippen LogP contribution < -0.4 is 15.4 Å². The predicted octanol–water partition coefficient (Wildman–Crippen LogP) is 1.49. The summed E-state index contributed by atoms with van der Waals surface area (Å²) in [6.07, 6.45) is -0.0645. The number of aliphatic imine (C=N–C) groups is 1. The van der Waals surface area contributed by atoms with Crippen LogP contribution in [0.3, 0.4) is 0 Å². The normalized spacial score (nSPS) is 13.8. The van der Waals surface area contributed by atoms with E-state index in [0.717, 1.165) is 6.07 Å². The van der Waals surface area contributed by atoms with Gasteiger partial charge in [0.15, 0.2) is 5.96 Å². The van der Waals surface area contributed by atoms with E-state index in [4.69, 9.17) is 4.74 Å². The average molecular weight is 430 g/mol. The van der Waals surface area contributed by atoms with Gasteiger partial charge in [-0.25, -0.2) is 13.1 Å². The molecule has 0 bridgehead atoms. The molecule has 1 aromatic rings. The van der Waals surface area contributed by atoms with E-state index in [1.54, 1.807) is 7.11 Å². The zero-order chi connectivity index (χ0) is 22.1. The number of nitro groups is 1. The van der Waals surface area contributed by atoms with E-state index in [1.807, 2.05) is 6.92 Å². The molecule has 0 heterocycles. The molecule has 1 atom stereocenters. The van der Waals surface area contributed by atoms with Crippen molar-refractivity contribution in [1.29, 1.82) is 0 Å². The van der Waals surface area contributed by atoms with Crippen molar-refractivity contribution in [2.45, 2.75) is 38.7 Å². The lowest BCUT2D eigenvalue weighted by atomic mass is 9.89. The summed E-state index contributed by atoms with van der Waals surface area (Å²) in [6, 6.07) is 4.91. The number of sulfonamides is 1. The molecule has 0 saturated heterocycles. The van der Waals surface area contributed by atoms with Gasteiger partial charge < -0.3 is 15.4 Å². The highest BCUT2D eigenvalue weighted by molar-refractivity contribution is 7.89. The first-order valence-electron chi connectivity index (χ1n) is 9.30. The molecule has 0 saturated carbocycles. The number of hydrogen-bond acceptors (Lipinski definition) is 6. The first-order valence-corrected chi connectivity index (χ1v) is 10.8. The van der Waals surface area contributed by atoms with Crippen LogP contribution in [0.2, 0.25) is 0 Å². The topological polar surface area (TPSA) is 135 Å². The van der Waals surface area contributed by atoms with E-state index in [1.165, 1.54) is 18.2 Å². The van der Waals surface area contributed by atoms with Crippen molar-refractivity contribution < 1.29 is 18.1 Å². The monoisotopic (exact) mass is 429 g/mol. The second-order valence-electron chi connectivity index (χ2n) is 7.39. The number of non-ortho nitro benzene ring substituents is 1. The summed E-state index contributed by atoms with van der Waals surface area (Å²) in [5, 5.41) is 17.0. The van der Waals surface area contributed by atoms with Crippen LogP contribution in [0.4, 0.5) is 5.69 Å². The maximum atomic E-state index is 12.3. The fourth-order valence-electron chi connectivity index (χ4n) is 2.43. The number of nitrogens with zero attached hydrogens (tertiary/aromatic N) is 2. The van der Waals surface area contributed by atoms with Gasteiger partial charge in [0.2, 0.25) is 10.0 Å². The maximum Gasteiger partial charge on any atom is 0.270 e. The lowest BCUT2D eigenvalue weighted by molar-refractivity contribution is -0.385. The third-order valence-electron chi connectivity index (χ3n) is 4.06. The minimum atomic E-state index is -3.85. The third kappa shape index (κ3) is 8.34. The van der Waals surface area contributed by atoms with Crippen LogP contribution in [0, 0.1) is 15.5 Å². The van der Waals surface area contributed by atoms with Crippen molar-refractivity contribution >= 4 is 21.7 Å². The largest absolute Gasteiger partial charge is 0.379 e. The van der Waals surface area contributed by atoms with Crippen LogP contribution in [-0.4, -0.2) is 58.7 Å². The molecule has 0 radical (unpaired) electrons. The number of guanidine groups is 1. The number of hydrogen-bond donors (Lipinski definition) is 3. The van der Waals surface area contributed by atoms with Gasteiger partial charge in [-0.05, 0) is 18.4 Å². The molecule has 1 unspecified atom stereocenters. The summed E-state index contributed by atoms with van der Waals surface area (Å²) < 4.78 is 32.5. The van der Waals surface area contributed by atoms with Gasteiger partial charge in [0.05, 0.1) is 22.5 Å². The highest BCUT2D eigenvalue weighted by atomic mass is 32.2. The van der Waals surface area contributed by atoms with Gasteiger partial charge in [0.25, 0.3) is 5.69 Å². The molecule has 3 N–H and O–H groups in total. The van der Waals surface area contributed by atoms with Crippen molar-refractivity contribution in [3.63, 3.8) is 0 Å². The Bertz CT molecular complexity index is 805. The fraction of sp³-hybridized carbons (Fsp3) is 0.611. The zero-order valence-electron chi connectivity index (χ0n) is 17.6. The van der Waals surface area contributed by atoms with Gasteiger partial charge in [-0.15, -0.1) is 0 Å². The molecule has 11 heteroatoms. The molecule has 0 fully saturated rings. The number of nitro benzene ring substituents is 1. The molecule has 1 rings (SSSR count). The van der Waals surface area contributed by atoms with Gasteiger partial charge in [-0.1, -0.05) is 26.8 Å². The lowest BCUT2D eigenvalue weighted by Gasteiger charge is -2.28. The number of nitrogens with one attached hydrogen (secondary N) is 3. The van der Waals surface area contributed by atoms with E-state index < -0.39 is 14.9 Å². The molecule has 10 nitrogen and oxygen atoms in total. The van der Waals surface area contributed by atoms with Crippen molar-refractivity contribution in [1.82, 2.24) is 15.4 Å². The Morgan fingerprint density at radius 3 is 2.52 bits per heavy atom. The molecule has 0 aliphatic carbocycles. The van der Waals surface area contributed by atoms with Gasteiger partial charge in [0.1, 0.15) is 0 Å². The molecule has 0 amide bonds. The van der Waals surface area contributed by atoms with Crippen LogP contribution in [0.15, 0.2) is 34.2 Å². The first-order chi connectivity index (χ1) is 13.5. The highest BCUT2D eigenvalue weighted by Gasteiger charge is 2.24. The molecule has 1 aromatic carbocycles. The second-order valence-corrected chi connectivity index (χ2v) is 9.16. The Morgan fingerprint density at radius 2 is 1.97 bits per heavy atom. The minimum Gasteiger partial charge on any atom is -0.379 e. The Kier molecular flexibility index (Phi) is 9.47. The fourth-order valence-corrected chi connectivity index (χ4v) is 3.50. The average Bonchev–Trinajstić information content (AvgIpc) is 2.64. The Hall–Kier alpha value is -2.24. The van der Waals surface area contributed by atoms with Crippen LogP contribution in [0.1, 0.15) is 27.7 Å². The number of methoxy groups -OCH3 is 1. The molecular weight excluding hydrogens is 398 g/mol. The molecule has 0 aliphatic rings. The Morgan fingerprint density at radius 1 is 1.28 bits per heavy atom. The summed E-state index contributed by atoms with van der Waals surface area (Å²) in [4.78, 5) is 14.5. The summed E-state index contributed by atoms with van der Waals surface area (Å²) in [6.45, 7) is 9.61. The van der Waals surface area contributed by atoms with Crippen LogP contribution in [-0.2, 0) is 14.8 Å². The van der Waals surface area contributed by atoms with Gasteiger partial charge in [-0.2, -0.15) is 0 Å². The summed E-state index contributed by atoms with van der Waals surface area (Å²) in [5.74, 6) is 0.549. The first kappa shape index (κ1) is 24.8. The Labute approximate surface area is 172 Å². The lowest BCUT2D eigenvalue weighted by Crippen LogP contribution is -2.42. The van der Waals surface area contributed by atoms with Gasteiger partial charge in [0, 0.05) is 38.9 Å². The van der Waals surface area contributed by atoms with E-state index >= 15 is 0 Å². The van der Waals surface area contributed by atoms with Crippen molar-refractivity contribution in [2.24, 2.45) is 10.4 Å². The van der Waals surface area contributed by atoms with Crippen molar-refractivity contribution in [2.75, 3.05) is 33.3 Å². The Balaban J connectivity index is 2.66. The SMILES string of the molecule is CCNC(=NCC(OC)C(C)(C)C)NCCNS(=O)(=O)c1cccc([N+](=O)[O-])c1. The molecule has 0 spiro atoms. The standard InChI is InChI=1S/C18H31N5O5S/c1-6-19-17(21-13-16(28-5)18(2,3)4)20-10-11-22-29(26,27)15-9-7-8-14(12-15)23(24)25/h7-9,12,16,22H,6,10-11,13H2,1-5H3,(H2,19,20,21). The minimum absolute atomic E-state index is 0.0645. The maximum absolute atomic E-state index is 12.3. The highest BCUT2D eigenvalue weighted by Crippen LogP contribution is 2.21. The second kappa shape index (κ2) is 11.1. The summed E-state index contributed by atoms with van der Waals surface area (Å²) >= 11 is 0. The van der Waals surface area contributed by atoms with E-state index in [9.17, 15) is 18.5 Å². The number of rotatable bonds is 10. The molecule has 29 heavy (non-hydrogen) atoms. The van der Waals surface area contributed by atoms with Crippen LogP contribution >= 0.6 is 0 Å². The predicted molar refractivity (Wildman–Crippen MR) is 113 cm³/mol.